The van der Waals surface area contributed by atoms with Crippen LogP contribution in [0.4, 0.5) is 0 Å². The van der Waals surface area contributed by atoms with Crippen LogP contribution in [0.2, 0.25) is 0 Å². The number of rotatable bonds is 3. The first-order valence-electron chi connectivity index (χ1n) is 6.21. The molecule has 1 unspecified atom stereocenters. The first-order valence-corrected chi connectivity index (χ1v) is 10.3. The molecule has 1 N–H and O–H groups in total. The Morgan fingerprint density at radius 3 is 2.81 bits per heavy atom. The van der Waals surface area contributed by atoms with Gasteiger partial charge in [-0.05, 0) is 41.1 Å². The van der Waals surface area contributed by atoms with Crippen molar-refractivity contribution in [1.82, 2.24) is 24.3 Å². The van der Waals surface area contributed by atoms with E-state index in [1.807, 2.05) is 17.4 Å². The molecule has 0 aliphatic heterocycles. The molecule has 3 rings (SSSR count). The topological polar surface area (TPSA) is 68.5 Å². The molecular weight excluding hydrogens is 400 g/mol. The molecule has 108 valence electrons. The predicted molar refractivity (Wildman–Crippen MR) is 95.1 cm³/mol. The molecular formula is C13H13IN5OP. The third-order valence-corrected chi connectivity index (χ3v) is 5.22. The maximum atomic E-state index is 12.1. The zero-order valence-electron chi connectivity index (χ0n) is 11.5. The van der Waals surface area contributed by atoms with Crippen molar-refractivity contribution >= 4 is 45.5 Å². The number of hydrogen-bond donors (Lipinski definition) is 1. The minimum absolute atomic E-state index is 0.0671. The molecule has 3 heterocycles. The summed E-state index contributed by atoms with van der Waals surface area (Å²) < 4.78 is 3.31. The highest BCUT2D eigenvalue weighted by atomic mass is 127. The Kier molecular flexibility index (Phi) is 3.71. The third-order valence-electron chi connectivity index (χ3n) is 3.38. The Hall–Kier alpha value is -1.47. The van der Waals surface area contributed by atoms with E-state index in [1.54, 1.807) is 19.3 Å². The Morgan fingerprint density at radius 1 is 1.48 bits per heavy atom. The second kappa shape index (κ2) is 5.38. The number of H-pyrrole nitrogens is 1. The molecule has 0 aromatic carbocycles. The molecule has 3 aromatic rings. The van der Waals surface area contributed by atoms with Crippen molar-refractivity contribution < 1.29 is 0 Å². The van der Waals surface area contributed by atoms with E-state index in [-0.39, 0.29) is 5.56 Å². The molecule has 0 saturated heterocycles. The Labute approximate surface area is 135 Å². The standard InChI is InChI=1S/C13H13IN5OP/c1-4-11-9-5-8(10-6-15-18(3)13(10)20)7(2)16-12(9)19(17-11)21-14/h4-6,15,21H,1H2,2-3H3. The van der Waals surface area contributed by atoms with Gasteiger partial charge in [0.2, 0.25) is 0 Å². The molecule has 6 nitrogen and oxygen atoms in total. The molecule has 21 heavy (non-hydrogen) atoms. The van der Waals surface area contributed by atoms with Gasteiger partial charge in [0.05, 0.1) is 17.6 Å². The molecule has 0 fully saturated rings. The van der Waals surface area contributed by atoms with Gasteiger partial charge >= 0.3 is 0 Å². The minimum atomic E-state index is -0.0671. The second-order valence-electron chi connectivity index (χ2n) is 4.63. The summed E-state index contributed by atoms with van der Waals surface area (Å²) in [5, 5.41) is 8.29. The van der Waals surface area contributed by atoms with Crippen LogP contribution in [0.1, 0.15) is 11.4 Å². The van der Waals surface area contributed by atoms with Gasteiger partial charge in [0.1, 0.15) is 0 Å². The highest BCUT2D eigenvalue weighted by Crippen LogP contribution is 2.32. The fourth-order valence-corrected chi connectivity index (χ4v) is 3.69. The zero-order valence-corrected chi connectivity index (χ0v) is 14.7. The summed E-state index contributed by atoms with van der Waals surface area (Å²) in [6.45, 7) is 5.71. The Morgan fingerprint density at radius 2 is 2.24 bits per heavy atom. The molecule has 0 aliphatic carbocycles. The summed E-state index contributed by atoms with van der Waals surface area (Å²) in [4.78, 5) is 16.8. The fourth-order valence-electron chi connectivity index (χ4n) is 2.29. The van der Waals surface area contributed by atoms with Crippen LogP contribution in [0, 0.1) is 6.92 Å². The van der Waals surface area contributed by atoms with Crippen molar-refractivity contribution in [2.75, 3.05) is 0 Å². The van der Waals surface area contributed by atoms with Crippen LogP contribution in [0.15, 0.2) is 23.6 Å². The van der Waals surface area contributed by atoms with Gasteiger partial charge in [0.25, 0.3) is 5.56 Å². The fraction of sp³-hybridized carbons (Fsp3) is 0.154. The van der Waals surface area contributed by atoms with Crippen LogP contribution in [-0.4, -0.2) is 24.3 Å². The predicted octanol–water partition coefficient (Wildman–Crippen LogP) is 2.87. The quantitative estimate of drug-likeness (QED) is 0.531. The van der Waals surface area contributed by atoms with Gasteiger partial charge in [-0.3, -0.25) is 9.48 Å². The zero-order chi connectivity index (χ0) is 15.1. The molecule has 1 atom stereocenters. The maximum Gasteiger partial charge on any atom is 0.274 e. The van der Waals surface area contributed by atoms with E-state index in [9.17, 15) is 4.79 Å². The lowest BCUT2D eigenvalue weighted by Crippen LogP contribution is -2.13. The average Bonchev–Trinajstić information content (AvgIpc) is 2.99. The van der Waals surface area contributed by atoms with Crippen molar-refractivity contribution in [2.24, 2.45) is 7.05 Å². The highest BCUT2D eigenvalue weighted by Gasteiger charge is 2.16. The smallest absolute Gasteiger partial charge is 0.274 e. The van der Waals surface area contributed by atoms with Gasteiger partial charge < -0.3 is 5.10 Å². The van der Waals surface area contributed by atoms with E-state index in [0.29, 0.717) is 11.9 Å². The van der Waals surface area contributed by atoms with Crippen molar-refractivity contribution in [3.05, 3.63) is 40.6 Å². The van der Waals surface area contributed by atoms with Gasteiger partial charge in [-0.15, -0.1) is 0 Å². The summed E-state index contributed by atoms with van der Waals surface area (Å²) >= 11 is 2.27. The molecule has 3 aromatic heterocycles. The third kappa shape index (κ3) is 2.24. The lowest BCUT2D eigenvalue weighted by atomic mass is 10.1. The number of nitrogens with one attached hydrogen (secondary N) is 1. The van der Waals surface area contributed by atoms with Crippen LogP contribution < -0.4 is 5.56 Å². The van der Waals surface area contributed by atoms with E-state index < -0.39 is 0 Å². The number of aryl methyl sites for hydroxylation is 2. The van der Waals surface area contributed by atoms with E-state index in [2.05, 4.69) is 43.8 Å². The SMILES string of the molecule is C=Cc1nn(PI)c2nc(C)c(-c3c[nH]n(C)c3=O)cc12. The van der Waals surface area contributed by atoms with Crippen molar-refractivity contribution in [3.63, 3.8) is 0 Å². The van der Waals surface area contributed by atoms with Crippen LogP contribution >= 0.6 is 28.4 Å². The Balaban J connectivity index is 2.35. The lowest BCUT2D eigenvalue weighted by Gasteiger charge is -2.03. The van der Waals surface area contributed by atoms with Crippen LogP contribution in [0.5, 0.6) is 0 Å². The molecule has 8 heteroatoms. The highest BCUT2D eigenvalue weighted by molar-refractivity contribution is 14.2. The minimum Gasteiger partial charge on any atom is -0.303 e. The molecule has 0 spiro atoms. The van der Waals surface area contributed by atoms with E-state index in [0.717, 1.165) is 28.0 Å². The Bertz CT molecular complexity index is 907. The number of pyridine rings is 1. The van der Waals surface area contributed by atoms with E-state index in [1.165, 1.54) is 4.68 Å². The van der Waals surface area contributed by atoms with Gasteiger partial charge in [0.15, 0.2) is 5.65 Å². The number of nitrogens with zero attached hydrogens (tertiary/aromatic N) is 4. The number of aromatic nitrogens is 5. The van der Waals surface area contributed by atoms with Crippen LogP contribution in [0.3, 0.4) is 0 Å². The van der Waals surface area contributed by atoms with Crippen molar-refractivity contribution in [1.29, 1.82) is 0 Å². The number of fused-ring (bicyclic) bond motifs is 1. The molecule has 0 amide bonds. The van der Waals surface area contributed by atoms with Gasteiger partial charge in [-0.1, -0.05) is 6.58 Å². The lowest BCUT2D eigenvalue weighted by molar-refractivity contribution is 0.740. The van der Waals surface area contributed by atoms with Gasteiger partial charge in [-0.25, -0.2) is 9.44 Å². The second-order valence-corrected chi connectivity index (χ2v) is 6.67. The largest absolute Gasteiger partial charge is 0.303 e. The summed E-state index contributed by atoms with van der Waals surface area (Å²) in [6, 6.07) is 1.97. The summed E-state index contributed by atoms with van der Waals surface area (Å²) in [6.07, 6.45) is 3.88. The maximum absolute atomic E-state index is 12.1. The monoisotopic (exact) mass is 413 g/mol. The number of halogens is 1. The molecule has 0 bridgehead atoms. The summed E-state index contributed by atoms with van der Waals surface area (Å²) in [5.74, 6) is 0. The number of hydrogen-bond acceptors (Lipinski definition) is 3. The van der Waals surface area contributed by atoms with E-state index >= 15 is 0 Å². The van der Waals surface area contributed by atoms with Crippen molar-refractivity contribution in [2.45, 2.75) is 6.92 Å². The summed E-state index contributed by atoms with van der Waals surface area (Å²) in [7, 11) is 1.69. The van der Waals surface area contributed by atoms with Gasteiger partial charge in [0, 0.05) is 29.9 Å². The molecule has 0 saturated carbocycles. The molecule has 0 radical (unpaired) electrons. The van der Waals surface area contributed by atoms with Gasteiger partial charge in [-0.2, -0.15) is 5.10 Å². The van der Waals surface area contributed by atoms with Crippen molar-refractivity contribution in [3.8, 4) is 11.1 Å². The normalized spacial score (nSPS) is 11.8. The van der Waals surface area contributed by atoms with Crippen LogP contribution in [-0.2, 0) is 7.05 Å². The summed E-state index contributed by atoms with van der Waals surface area (Å²) in [5.41, 5.74) is 3.79. The first-order chi connectivity index (χ1) is 10.1. The van der Waals surface area contributed by atoms with E-state index in [4.69, 9.17) is 0 Å². The average molecular weight is 413 g/mol. The first kappa shape index (κ1) is 14.5. The molecule has 0 aliphatic rings. The number of aromatic amines is 1. The van der Waals surface area contributed by atoms with Crippen LogP contribution in [0.25, 0.3) is 28.2 Å².